The Morgan fingerprint density at radius 2 is 0.417 bits per heavy atom. The van der Waals surface area contributed by atoms with E-state index < -0.39 is 91.5 Å². The van der Waals surface area contributed by atoms with Crippen molar-refractivity contribution in [3.05, 3.63) is 158 Å². The smallest absolute Gasteiger partial charge is 0.463 e. The topological polar surface area (TPSA) is 231 Å². The van der Waals surface area contributed by atoms with E-state index in [-0.39, 0.29) is 19.3 Å². The fourth-order valence-corrected chi connectivity index (χ4v) is 16.0. The molecule has 5 unspecified atom stereocenters. The summed E-state index contributed by atoms with van der Waals surface area (Å²) in [7, 11) is -9.82. The maximum Gasteiger partial charge on any atom is 0.472 e. The zero-order valence-electron chi connectivity index (χ0n) is 81.2. The highest BCUT2D eigenvalue weighted by atomic mass is 31.2. The molecule has 0 aromatic carbocycles. The summed E-state index contributed by atoms with van der Waals surface area (Å²) in [6, 6.07) is 0. The molecule has 0 amide bonds. The van der Waals surface area contributed by atoms with Crippen molar-refractivity contribution in [2.75, 3.05) is 39.6 Å². The van der Waals surface area contributed by atoms with Gasteiger partial charge in [-0.05, 0) is 154 Å². The molecule has 732 valence electrons. The molecule has 0 saturated heterocycles. The number of unbranched alkanes of at least 4 members (excludes halogenated alkanes) is 49. The molecule has 0 rings (SSSR count). The van der Waals surface area contributed by atoms with Gasteiger partial charge in [0, 0.05) is 19.3 Å². The van der Waals surface area contributed by atoms with Gasteiger partial charge < -0.3 is 34.2 Å². The van der Waals surface area contributed by atoms with E-state index in [9.17, 15) is 43.5 Å². The number of ether oxygens (including phenoxy) is 3. The molecule has 16 nitrogen and oxygen atoms in total. The first-order chi connectivity index (χ1) is 62.2. The number of phosphoric ester groups is 2. The molecule has 127 heavy (non-hydrogen) atoms. The monoisotopic (exact) mass is 1820 g/mol. The van der Waals surface area contributed by atoms with Crippen LogP contribution in [0.1, 0.15) is 457 Å². The first kappa shape index (κ1) is 122. The lowest BCUT2D eigenvalue weighted by atomic mass is 10.0. The molecule has 0 aromatic rings. The first-order valence-corrected chi connectivity index (χ1v) is 54.8. The molecule has 0 bridgehead atoms. The maximum atomic E-state index is 13.1. The Labute approximate surface area is 778 Å². The molecule has 0 radical (unpaired) electrons. The van der Waals surface area contributed by atoms with Gasteiger partial charge in [-0.15, -0.1) is 0 Å². The molecule has 0 fully saturated rings. The Hall–Kier alpha value is -4.83. The molecule has 18 heteroatoms. The number of aliphatic hydroxyl groups excluding tert-OH is 2. The van der Waals surface area contributed by atoms with Gasteiger partial charge in [-0.3, -0.25) is 32.5 Å². The average molecular weight is 1820 g/mol. The first-order valence-electron chi connectivity index (χ1n) is 51.8. The van der Waals surface area contributed by atoms with Crippen LogP contribution in [0.15, 0.2) is 158 Å². The fourth-order valence-electron chi connectivity index (χ4n) is 14.4. The van der Waals surface area contributed by atoms with E-state index in [4.69, 9.17) is 32.3 Å². The predicted octanol–water partition coefficient (Wildman–Crippen LogP) is 32.8. The molecule has 0 aliphatic heterocycles. The SMILES string of the molecule is CC/C=C\C/C=C\C/C=C\C/C=C\C/C=C\CCCCCCCCCCCCCCCCCCCCCC(=O)OCC(O)COP(=O)(O)OCC(O)COP(=O)(O)OCC(COC(=O)CCCCCCCCCCCCCCC/C=C\C/C=C\C/C=C\C/C=C\CCCCC)OC(=O)CCCCCCCCCCCCC/C=C\C/C=C\C/C=C\C/C=C\CCCCC. The van der Waals surface area contributed by atoms with Crippen LogP contribution in [-0.2, 0) is 55.8 Å². The second-order valence-electron chi connectivity index (χ2n) is 34.6. The summed E-state index contributed by atoms with van der Waals surface area (Å²) in [4.78, 5) is 59.2. The number of allylic oxidation sites excluding steroid dienone is 26. The van der Waals surface area contributed by atoms with E-state index in [1.807, 2.05) is 0 Å². The van der Waals surface area contributed by atoms with Crippen molar-refractivity contribution in [3.8, 4) is 0 Å². The lowest BCUT2D eigenvalue weighted by Crippen LogP contribution is -2.30. The van der Waals surface area contributed by atoms with Crippen molar-refractivity contribution in [1.29, 1.82) is 0 Å². The third-order valence-corrected chi connectivity index (χ3v) is 24.1. The summed E-state index contributed by atoms with van der Waals surface area (Å²) in [5, 5.41) is 20.8. The highest BCUT2D eigenvalue weighted by molar-refractivity contribution is 7.47. The van der Waals surface area contributed by atoms with Crippen molar-refractivity contribution in [1.82, 2.24) is 0 Å². The average Bonchev–Trinajstić information content (AvgIpc) is 0.898. The highest BCUT2D eigenvalue weighted by Crippen LogP contribution is 2.45. The van der Waals surface area contributed by atoms with Crippen LogP contribution in [0.2, 0.25) is 0 Å². The van der Waals surface area contributed by atoms with Crippen molar-refractivity contribution in [2.24, 2.45) is 0 Å². The summed E-state index contributed by atoms with van der Waals surface area (Å²) in [5.74, 6) is -1.56. The van der Waals surface area contributed by atoms with Crippen LogP contribution in [0.3, 0.4) is 0 Å². The molecule has 0 aromatic heterocycles. The van der Waals surface area contributed by atoms with E-state index in [1.54, 1.807) is 0 Å². The number of phosphoric acid groups is 2. The third-order valence-electron chi connectivity index (χ3n) is 22.2. The Balaban J connectivity index is 4.57. The molecular weight excluding hydrogens is 1630 g/mol. The van der Waals surface area contributed by atoms with Gasteiger partial charge in [0.25, 0.3) is 0 Å². The van der Waals surface area contributed by atoms with Crippen molar-refractivity contribution < 1.29 is 75.8 Å². The lowest BCUT2D eigenvalue weighted by molar-refractivity contribution is -0.161. The molecule has 0 aliphatic carbocycles. The molecular formula is C109H190O16P2. The number of carbonyl (C=O) groups excluding carboxylic acids is 3. The second kappa shape index (κ2) is 100. The van der Waals surface area contributed by atoms with Gasteiger partial charge in [0.1, 0.15) is 25.4 Å². The normalized spacial score (nSPS) is 14.3. The van der Waals surface area contributed by atoms with Gasteiger partial charge in [-0.25, -0.2) is 9.13 Å². The van der Waals surface area contributed by atoms with Gasteiger partial charge >= 0.3 is 33.6 Å². The second-order valence-corrected chi connectivity index (χ2v) is 37.5. The minimum atomic E-state index is -4.95. The summed E-state index contributed by atoms with van der Waals surface area (Å²) in [6.07, 6.45) is 130. The number of hydrogen-bond donors (Lipinski definition) is 4. The highest BCUT2D eigenvalue weighted by Gasteiger charge is 2.30. The Bertz CT molecular complexity index is 2940. The van der Waals surface area contributed by atoms with Crippen LogP contribution >= 0.6 is 15.6 Å². The van der Waals surface area contributed by atoms with E-state index in [2.05, 4.69) is 179 Å². The summed E-state index contributed by atoms with van der Waals surface area (Å²) in [5.41, 5.74) is 0. The van der Waals surface area contributed by atoms with Crippen LogP contribution in [0.4, 0.5) is 0 Å². The van der Waals surface area contributed by atoms with E-state index in [0.29, 0.717) is 19.3 Å². The number of esters is 3. The molecule has 0 saturated carbocycles. The predicted molar refractivity (Wildman–Crippen MR) is 537 cm³/mol. The Morgan fingerprint density at radius 1 is 0.228 bits per heavy atom. The van der Waals surface area contributed by atoms with Gasteiger partial charge in [0.05, 0.1) is 26.4 Å². The van der Waals surface area contributed by atoms with Gasteiger partial charge in [-0.1, -0.05) is 442 Å². The number of hydrogen-bond acceptors (Lipinski definition) is 14. The van der Waals surface area contributed by atoms with E-state index >= 15 is 0 Å². The molecule has 0 aliphatic rings. The quantitative estimate of drug-likeness (QED) is 0.0146. The molecule has 4 N–H and O–H groups in total. The number of rotatable bonds is 98. The van der Waals surface area contributed by atoms with Crippen molar-refractivity contribution in [2.45, 2.75) is 476 Å². The van der Waals surface area contributed by atoms with Crippen LogP contribution in [0.25, 0.3) is 0 Å². The van der Waals surface area contributed by atoms with Crippen LogP contribution < -0.4 is 0 Å². The van der Waals surface area contributed by atoms with Crippen molar-refractivity contribution >= 4 is 33.6 Å². The molecule has 5 atom stereocenters. The molecule has 0 spiro atoms. The van der Waals surface area contributed by atoms with Crippen LogP contribution in [-0.4, -0.2) is 95.9 Å². The standard InChI is InChI=1S/C109H190O16P2/c1-4-7-10-13-16-19-22-25-28-31-34-37-40-43-46-48-49-50-51-52-53-55-58-59-62-65-68-71-74-77-80-83-86-89-92-95-107(112)119-98-104(110)99-121-126(115,116)122-100-105(111)101-123-127(117,118)124-103-106(125-109(114)97-94-91-88-85-82-79-76-73-70-67-64-61-56-45-42-39-36-33-30-27-24-21-18-15-12-9-6-3)102-120-108(113)96-93-90-87-84-81-78-75-72-69-66-63-60-57-54-47-44-41-38-35-32-29-26-23-20-17-14-11-8-5-2/h7,10,16-21,25-30,34-39,43-47,56,104-106,110-111H,4-6,8-9,11-15,22-24,31-33,40-42,48-55,57-103H2,1-3H3,(H,115,116)(H,117,118)/b10-7-,19-16-,20-17-,21-18-,28-25-,29-26-,30-27-,37-34-,38-35-,39-36-,46-43-,47-44-,56-45-. The zero-order valence-corrected chi connectivity index (χ0v) is 82.9. The lowest BCUT2D eigenvalue weighted by Gasteiger charge is -2.21. The van der Waals surface area contributed by atoms with Gasteiger partial charge in [-0.2, -0.15) is 0 Å². The third kappa shape index (κ3) is 102. The fraction of sp³-hybridized carbons (Fsp3) is 0.734. The Morgan fingerprint density at radius 3 is 0.661 bits per heavy atom. The number of aliphatic hydroxyl groups is 2. The summed E-state index contributed by atoms with van der Waals surface area (Å²) in [6.45, 7) is 2.59. The van der Waals surface area contributed by atoms with E-state index in [0.717, 1.165) is 148 Å². The minimum Gasteiger partial charge on any atom is -0.463 e. The van der Waals surface area contributed by atoms with Crippen LogP contribution in [0, 0.1) is 0 Å². The van der Waals surface area contributed by atoms with Gasteiger partial charge in [0.15, 0.2) is 6.10 Å². The Kier molecular flexibility index (Phi) is 96.4. The largest absolute Gasteiger partial charge is 0.472 e. The maximum absolute atomic E-state index is 13.1. The summed E-state index contributed by atoms with van der Waals surface area (Å²) < 4.78 is 61.7. The van der Waals surface area contributed by atoms with E-state index in [1.165, 1.54) is 250 Å². The minimum absolute atomic E-state index is 0.0989. The van der Waals surface area contributed by atoms with Gasteiger partial charge in [0.2, 0.25) is 0 Å². The summed E-state index contributed by atoms with van der Waals surface area (Å²) >= 11 is 0. The number of carbonyl (C=O) groups is 3. The van der Waals surface area contributed by atoms with Crippen LogP contribution in [0.5, 0.6) is 0 Å². The molecule has 0 heterocycles. The zero-order chi connectivity index (χ0) is 92.1. The van der Waals surface area contributed by atoms with Crippen molar-refractivity contribution in [3.63, 3.8) is 0 Å².